The Morgan fingerprint density at radius 1 is 1.29 bits per heavy atom. The van der Waals surface area contributed by atoms with Gasteiger partial charge in [0.25, 0.3) is 0 Å². The van der Waals surface area contributed by atoms with Crippen molar-refractivity contribution in [2.45, 2.75) is 32.2 Å². The molecule has 4 N–H and O–H groups in total. The summed E-state index contributed by atoms with van der Waals surface area (Å²) in [5, 5.41) is 5.10. The number of nitrogens with one attached hydrogen (secondary N) is 2. The molecule has 0 aromatic heterocycles. The fourth-order valence-electron chi connectivity index (χ4n) is 2.04. The van der Waals surface area contributed by atoms with Gasteiger partial charge < -0.3 is 16.0 Å². The lowest BCUT2D eigenvalue weighted by Crippen LogP contribution is -2.46. The largest absolute Gasteiger partial charge is 0.351 e. The van der Waals surface area contributed by atoms with Crippen LogP contribution < -0.4 is 16.4 Å². The van der Waals surface area contributed by atoms with Gasteiger partial charge in [0.2, 0.25) is 5.91 Å². The molecular formula is C11H22N4O2. The number of hydrogen-bond acceptors (Lipinski definition) is 4. The summed E-state index contributed by atoms with van der Waals surface area (Å²) in [5.74, 6) is -0.386. The fraction of sp³-hybridized carbons (Fsp3) is 0.818. The standard InChI is InChI=1S/C11H22N4O2/c1-9(8-15-5-3-2-4-6-15)13-7-10(16)14-11(12)17/h9,13H,2-8H2,1H3,(H3,12,14,16,17). The zero-order valence-electron chi connectivity index (χ0n) is 10.4. The predicted octanol–water partition coefficient (Wildman–Crippen LogP) is -0.355. The number of piperidine rings is 1. The SMILES string of the molecule is CC(CN1CCCCC1)NCC(=O)NC(N)=O. The van der Waals surface area contributed by atoms with Crippen molar-refractivity contribution < 1.29 is 9.59 Å². The van der Waals surface area contributed by atoms with E-state index < -0.39 is 6.03 Å². The first-order chi connectivity index (χ1) is 8.08. The molecule has 0 radical (unpaired) electrons. The first kappa shape index (κ1) is 13.9. The van der Waals surface area contributed by atoms with Gasteiger partial charge in [-0.15, -0.1) is 0 Å². The van der Waals surface area contributed by atoms with Crippen LogP contribution in [0, 0.1) is 0 Å². The van der Waals surface area contributed by atoms with Crippen molar-refractivity contribution in [2.24, 2.45) is 5.73 Å². The Morgan fingerprint density at radius 2 is 1.94 bits per heavy atom. The van der Waals surface area contributed by atoms with Crippen LogP contribution in [0.2, 0.25) is 0 Å². The molecular weight excluding hydrogens is 220 g/mol. The highest BCUT2D eigenvalue weighted by atomic mass is 16.2. The second-order valence-corrected chi connectivity index (χ2v) is 4.56. The summed E-state index contributed by atoms with van der Waals surface area (Å²) in [5.41, 5.74) is 4.84. The Kier molecular flexibility index (Phi) is 5.93. The zero-order chi connectivity index (χ0) is 12.7. The minimum atomic E-state index is -0.805. The van der Waals surface area contributed by atoms with Crippen LogP contribution in [0.4, 0.5) is 4.79 Å². The van der Waals surface area contributed by atoms with E-state index in [1.54, 1.807) is 0 Å². The van der Waals surface area contributed by atoms with Crippen molar-refractivity contribution in [3.63, 3.8) is 0 Å². The van der Waals surface area contributed by atoms with E-state index in [0.717, 1.165) is 19.6 Å². The summed E-state index contributed by atoms with van der Waals surface area (Å²) < 4.78 is 0. The number of rotatable bonds is 5. The van der Waals surface area contributed by atoms with Crippen LogP contribution in [0.1, 0.15) is 26.2 Å². The van der Waals surface area contributed by atoms with Gasteiger partial charge in [0.05, 0.1) is 6.54 Å². The topological polar surface area (TPSA) is 87.5 Å². The van der Waals surface area contributed by atoms with Crippen LogP contribution in [0.3, 0.4) is 0 Å². The first-order valence-electron chi connectivity index (χ1n) is 6.13. The number of amides is 3. The number of nitrogens with zero attached hydrogens (tertiary/aromatic N) is 1. The molecule has 6 nitrogen and oxygen atoms in total. The van der Waals surface area contributed by atoms with Gasteiger partial charge in [-0.2, -0.15) is 0 Å². The van der Waals surface area contributed by atoms with Gasteiger partial charge in [0.15, 0.2) is 0 Å². The lowest BCUT2D eigenvalue weighted by molar-refractivity contribution is -0.119. The zero-order valence-corrected chi connectivity index (χ0v) is 10.4. The highest BCUT2D eigenvalue weighted by Crippen LogP contribution is 2.08. The number of imide groups is 1. The van der Waals surface area contributed by atoms with E-state index in [-0.39, 0.29) is 18.5 Å². The number of likely N-dealkylation sites (tertiary alicyclic amines) is 1. The fourth-order valence-corrected chi connectivity index (χ4v) is 2.04. The van der Waals surface area contributed by atoms with Gasteiger partial charge in [-0.1, -0.05) is 6.42 Å². The monoisotopic (exact) mass is 242 g/mol. The summed E-state index contributed by atoms with van der Waals surface area (Å²) >= 11 is 0. The summed E-state index contributed by atoms with van der Waals surface area (Å²) in [6.07, 6.45) is 3.84. The maximum absolute atomic E-state index is 11.2. The Morgan fingerprint density at radius 3 is 2.53 bits per heavy atom. The molecule has 1 atom stereocenters. The van der Waals surface area contributed by atoms with Crippen LogP contribution in [0.15, 0.2) is 0 Å². The van der Waals surface area contributed by atoms with Crippen LogP contribution in [0.5, 0.6) is 0 Å². The average molecular weight is 242 g/mol. The first-order valence-corrected chi connectivity index (χ1v) is 6.13. The predicted molar refractivity (Wildman–Crippen MR) is 65.5 cm³/mol. The van der Waals surface area contributed by atoms with Crippen LogP contribution >= 0.6 is 0 Å². The maximum atomic E-state index is 11.2. The molecule has 0 saturated carbocycles. The second kappa shape index (κ2) is 7.24. The minimum absolute atomic E-state index is 0.123. The van der Waals surface area contributed by atoms with Gasteiger partial charge in [-0.25, -0.2) is 4.79 Å². The smallest absolute Gasteiger partial charge is 0.318 e. The maximum Gasteiger partial charge on any atom is 0.318 e. The number of urea groups is 1. The number of carbonyl (C=O) groups is 2. The van der Waals surface area contributed by atoms with Crippen molar-refractivity contribution in [1.29, 1.82) is 0 Å². The number of nitrogens with two attached hydrogens (primary N) is 1. The molecule has 0 aliphatic carbocycles. The molecule has 0 aromatic carbocycles. The molecule has 98 valence electrons. The van der Waals surface area contributed by atoms with Crippen LogP contribution in [-0.4, -0.2) is 49.1 Å². The molecule has 6 heteroatoms. The van der Waals surface area contributed by atoms with E-state index in [4.69, 9.17) is 5.73 Å². The van der Waals surface area contributed by atoms with Gasteiger partial charge >= 0.3 is 6.03 Å². The Bertz CT molecular complexity index is 264. The van der Waals surface area contributed by atoms with Crippen LogP contribution in [-0.2, 0) is 4.79 Å². The van der Waals surface area contributed by atoms with Gasteiger partial charge in [0.1, 0.15) is 0 Å². The Balaban J connectivity index is 2.13. The minimum Gasteiger partial charge on any atom is -0.351 e. The second-order valence-electron chi connectivity index (χ2n) is 4.56. The van der Waals surface area contributed by atoms with Crippen molar-refractivity contribution >= 4 is 11.9 Å². The van der Waals surface area contributed by atoms with E-state index >= 15 is 0 Å². The molecule has 1 aliphatic heterocycles. The molecule has 1 heterocycles. The molecule has 1 aliphatic rings. The Labute approximate surface area is 102 Å². The van der Waals surface area contributed by atoms with E-state index in [0.29, 0.717) is 0 Å². The van der Waals surface area contributed by atoms with Gasteiger partial charge in [-0.3, -0.25) is 10.1 Å². The van der Waals surface area contributed by atoms with Gasteiger partial charge in [-0.05, 0) is 32.9 Å². The summed E-state index contributed by atoms with van der Waals surface area (Å²) in [7, 11) is 0. The lowest BCUT2D eigenvalue weighted by Gasteiger charge is -2.29. The third kappa shape index (κ3) is 6.23. The average Bonchev–Trinajstić information content (AvgIpc) is 2.27. The molecule has 0 bridgehead atoms. The molecule has 0 spiro atoms. The molecule has 0 aromatic rings. The molecule has 1 fully saturated rings. The normalized spacial score (nSPS) is 18.6. The van der Waals surface area contributed by atoms with E-state index in [2.05, 4.69) is 10.2 Å². The summed E-state index contributed by atoms with van der Waals surface area (Å²) in [4.78, 5) is 24.0. The highest BCUT2D eigenvalue weighted by Gasteiger charge is 2.14. The highest BCUT2D eigenvalue weighted by molar-refractivity contribution is 5.94. The number of primary amides is 1. The van der Waals surface area contributed by atoms with E-state index in [1.165, 1.54) is 19.3 Å². The lowest BCUT2D eigenvalue weighted by atomic mass is 10.1. The number of hydrogen-bond donors (Lipinski definition) is 3. The molecule has 1 saturated heterocycles. The molecule has 17 heavy (non-hydrogen) atoms. The summed E-state index contributed by atoms with van der Waals surface area (Å²) in [6, 6.07) is -0.577. The van der Waals surface area contributed by atoms with Crippen molar-refractivity contribution in [3.05, 3.63) is 0 Å². The van der Waals surface area contributed by atoms with Gasteiger partial charge in [0, 0.05) is 12.6 Å². The molecule has 1 rings (SSSR count). The Hall–Kier alpha value is -1.14. The third-order valence-electron chi connectivity index (χ3n) is 2.85. The van der Waals surface area contributed by atoms with E-state index in [1.807, 2.05) is 12.2 Å². The van der Waals surface area contributed by atoms with Crippen molar-refractivity contribution in [1.82, 2.24) is 15.5 Å². The summed E-state index contributed by atoms with van der Waals surface area (Å²) in [6.45, 7) is 5.37. The van der Waals surface area contributed by atoms with Crippen LogP contribution in [0.25, 0.3) is 0 Å². The quantitative estimate of drug-likeness (QED) is 0.614. The molecule has 1 unspecified atom stereocenters. The van der Waals surface area contributed by atoms with Crippen molar-refractivity contribution in [2.75, 3.05) is 26.2 Å². The van der Waals surface area contributed by atoms with E-state index in [9.17, 15) is 9.59 Å². The molecule has 3 amide bonds. The number of carbonyl (C=O) groups excluding carboxylic acids is 2. The van der Waals surface area contributed by atoms with Crippen molar-refractivity contribution in [3.8, 4) is 0 Å². The third-order valence-corrected chi connectivity index (χ3v) is 2.85.